The maximum atomic E-state index is 5.82. The van der Waals surface area contributed by atoms with Gasteiger partial charge in [-0.2, -0.15) is 0 Å². The van der Waals surface area contributed by atoms with Gasteiger partial charge in [-0.1, -0.05) is 44.5 Å². The number of hydrogen-bond acceptors (Lipinski definition) is 2. The molecule has 0 bridgehead atoms. The van der Waals surface area contributed by atoms with Crippen molar-refractivity contribution >= 4 is 0 Å². The lowest BCUT2D eigenvalue weighted by Gasteiger charge is -2.17. The molecule has 0 heterocycles. The van der Waals surface area contributed by atoms with Crippen molar-refractivity contribution in [2.45, 2.75) is 39.2 Å². The van der Waals surface area contributed by atoms with Crippen molar-refractivity contribution in [2.24, 2.45) is 5.73 Å². The SMILES string of the molecule is CCCCNC(CN)c1cccc(CC)c1. The Labute approximate surface area is 99.2 Å². The van der Waals surface area contributed by atoms with Crippen LogP contribution in [0.25, 0.3) is 0 Å². The topological polar surface area (TPSA) is 38.0 Å². The number of aryl methyl sites for hydroxylation is 1. The molecule has 90 valence electrons. The van der Waals surface area contributed by atoms with Gasteiger partial charge in [0.1, 0.15) is 0 Å². The number of hydrogen-bond donors (Lipinski definition) is 2. The van der Waals surface area contributed by atoms with Crippen LogP contribution in [0, 0.1) is 0 Å². The molecular weight excluding hydrogens is 196 g/mol. The van der Waals surface area contributed by atoms with Crippen LogP contribution in [0.15, 0.2) is 24.3 Å². The van der Waals surface area contributed by atoms with E-state index in [0.717, 1.165) is 13.0 Å². The number of nitrogens with one attached hydrogen (secondary N) is 1. The van der Waals surface area contributed by atoms with Crippen molar-refractivity contribution in [3.05, 3.63) is 35.4 Å². The van der Waals surface area contributed by atoms with Gasteiger partial charge in [0.05, 0.1) is 0 Å². The van der Waals surface area contributed by atoms with Crippen LogP contribution >= 0.6 is 0 Å². The summed E-state index contributed by atoms with van der Waals surface area (Å²) in [6.07, 6.45) is 3.52. The van der Waals surface area contributed by atoms with Crippen molar-refractivity contribution in [2.75, 3.05) is 13.1 Å². The third kappa shape index (κ3) is 3.95. The molecule has 1 rings (SSSR count). The molecule has 0 radical (unpaired) electrons. The van der Waals surface area contributed by atoms with Gasteiger partial charge in [-0.15, -0.1) is 0 Å². The Bertz CT molecular complexity index is 297. The lowest BCUT2D eigenvalue weighted by Crippen LogP contribution is -2.29. The predicted octanol–water partition coefficient (Wildman–Crippen LogP) is 2.64. The minimum absolute atomic E-state index is 0.304. The third-order valence-electron chi connectivity index (χ3n) is 2.92. The van der Waals surface area contributed by atoms with E-state index < -0.39 is 0 Å². The molecule has 0 spiro atoms. The number of benzene rings is 1. The average molecular weight is 220 g/mol. The summed E-state index contributed by atoms with van der Waals surface area (Å²) in [7, 11) is 0. The minimum atomic E-state index is 0.304. The first-order valence-electron chi connectivity index (χ1n) is 6.34. The van der Waals surface area contributed by atoms with E-state index in [9.17, 15) is 0 Å². The van der Waals surface area contributed by atoms with Gasteiger partial charge in [-0.25, -0.2) is 0 Å². The Kier molecular flexibility index (Phi) is 6.12. The summed E-state index contributed by atoms with van der Waals surface area (Å²) in [5, 5.41) is 3.51. The van der Waals surface area contributed by atoms with Crippen molar-refractivity contribution in [1.82, 2.24) is 5.32 Å². The van der Waals surface area contributed by atoms with E-state index in [1.165, 1.54) is 24.0 Å². The molecule has 1 aromatic rings. The second-order valence-corrected chi connectivity index (χ2v) is 4.19. The Hall–Kier alpha value is -0.860. The van der Waals surface area contributed by atoms with Crippen molar-refractivity contribution in [1.29, 1.82) is 0 Å². The number of rotatable bonds is 7. The predicted molar refractivity (Wildman–Crippen MR) is 70.5 cm³/mol. The van der Waals surface area contributed by atoms with E-state index in [1.807, 2.05) is 0 Å². The van der Waals surface area contributed by atoms with Gasteiger partial charge in [-0.3, -0.25) is 0 Å². The summed E-state index contributed by atoms with van der Waals surface area (Å²) in [6.45, 7) is 6.10. The van der Waals surface area contributed by atoms with E-state index in [4.69, 9.17) is 5.73 Å². The van der Waals surface area contributed by atoms with E-state index in [2.05, 4.69) is 43.4 Å². The fraction of sp³-hybridized carbons (Fsp3) is 0.571. The molecule has 0 aliphatic carbocycles. The quantitative estimate of drug-likeness (QED) is 0.693. The molecule has 16 heavy (non-hydrogen) atoms. The molecule has 1 aromatic carbocycles. The second-order valence-electron chi connectivity index (χ2n) is 4.19. The van der Waals surface area contributed by atoms with Crippen LogP contribution in [0.3, 0.4) is 0 Å². The molecule has 2 heteroatoms. The lowest BCUT2D eigenvalue weighted by atomic mass is 10.0. The summed E-state index contributed by atoms with van der Waals surface area (Å²) in [5.74, 6) is 0. The molecule has 3 N–H and O–H groups in total. The molecule has 0 amide bonds. The van der Waals surface area contributed by atoms with Crippen molar-refractivity contribution < 1.29 is 0 Å². The Balaban J connectivity index is 2.62. The van der Waals surface area contributed by atoms with Crippen LogP contribution in [-0.4, -0.2) is 13.1 Å². The van der Waals surface area contributed by atoms with Crippen LogP contribution in [0.1, 0.15) is 43.9 Å². The smallest absolute Gasteiger partial charge is 0.0444 e. The van der Waals surface area contributed by atoms with Crippen molar-refractivity contribution in [3.8, 4) is 0 Å². The molecule has 0 aliphatic heterocycles. The van der Waals surface area contributed by atoms with Gasteiger partial charge in [0.15, 0.2) is 0 Å². The summed E-state index contributed by atoms with van der Waals surface area (Å²) in [4.78, 5) is 0. The van der Waals surface area contributed by atoms with Gasteiger partial charge in [0, 0.05) is 12.6 Å². The number of nitrogens with two attached hydrogens (primary N) is 1. The molecule has 0 saturated heterocycles. The van der Waals surface area contributed by atoms with Crippen LogP contribution in [-0.2, 0) is 6.42 Å². The molecule has 0 saturated carbocycles. The van der Waals surface area contributed by atoms with E-state index >= 15 is 0 Å². The molecule has 1 atom stereocenters. The normalized spacial score (nSPS) is 12.7. The Morgan fingerprint density at radius 1 is 1.31 bits per heavy atom. The van der Waals surface area contributed by atoms with Gasteiger partial charge in [0.2, 0.25) is 0 Å². The van der Waals surface area contributed by atoms with E-state index in [0.29, 0.717) is 12.6 Å². The van der Waals surface area contributed by atoms with Crippen LogP contribution < -0.4 is 11.1 Å². The summed E-state index contributed by atoms with van der Waals surface area (Å²) >= 11 is 0. The fourth-order valence-corrected chi connectivity index (χ4v) is 1.82. The summed E-state index contributed by atoms with van der Waals surface area (Å²) in [6, 6.07) is 9.02. The van der Waals surface area contributed by atoms with Crippen molar-refractivity contribution in [3.63, 3.8) is 0 Å². The lowest BCUT2D eigenvalue weighted by molar-refractivity contribution is 0.527. The zero-order valence-electron chi connectivity index (χ0n) is 10.5. The summed E-state index contributed by atoms with van der Waals surface area (Å²) in [5.41, 5.74) is 8.52. The highest BCUT2D eigenvalue weighted by atomic mass is 14.9. The van der Waals surface area contributed by atoms with Crippen LogP contribution in [0.2, 0.25) is 0 Å². The van der Waals surface area contributed by atoms with E-state index in [-0.39, 0.29) is 0 Å². The first-order chi connectivity index (χ1) is 7.81. The fourth-order valence-electron chi connectivity index (χ4n) is 1.82. The van der Waals surface area contributed by atoms with E-state index in [1.54, 1.807) is 0 Å². The Morgan fingerprint density at radius 3 is 2.75 bits per heavy atom. The van der Waals surface area contributed by atoms with Gasteiger partial charge in [0.25, 0.3) is 0 Å². The zero-order chi connectivity index (χ0) is 11.8. The largest absolute Gasteiger partial charge is 0.329 e. The monoisotopic (exact) mass is 220 g/mol. The molecular formula is C14H24N2. The molecule has 0 aromatic heterocycles. The Morgan fingerprint density at radius 2 is 2.12 bits per heavy atom. The van der Waals surface area contributed by atoms with Gasteiger partial charge >= 0.3 is 0 Å². The highest BCUT2D eigenvalue weighted by molar-refractivity contribution is 5.26. The first kappa shape index (κ1) is 13.2. The van der Waals surface area contributed by atoms with Gasteiger partial charge < -0.3 is 11.1 Å². The second kappa shape index (κ2) is 7.42. The zero-order valence-corrected chi connectivity index (χ0v) is 10.5. The average Bonchev–Trinajstić information content (AvgIpc) is 2.35. The molecule has 0 aliphatic rings. The third-order valence-corrected chi connectivity index (χ3v) is 2.92. The molecule has 2 nitrogen and oxygen atoms in total. The maximum Gasteiger partial charge on any atom is 0.0444 e. The summed E-state index contributed by atoms with van der Waals surface area (Å²) < 4.78 is 0. The van der Waals surface area contributed by atoms with Crippen LogP contribution in [0.5, 0.6) is 0 Å². The molecule has 0 fully saturated rings. The minimum Gasteiger partial charge on any atom is -0.329 e. The first-order valence-corrected chi connectivity index (χ1v) is 6.34. The highest BCUT2D eigenvalue weighted by Crippen LogP contribution is 2.14. The van der Waals surface area contributed by atoms with Crippen LogP contribution in [0.4, 0.5) is 0 Å². The van der Waals surface area contributed by atoms with Gasteiger partial charge in [-0.05, 0) is 30.5 Å². The number of unbranched alkanes of at least 4 members (excludes halogenated alkanes) is 1. The molecule has 1 unspecified atom stereocenters. The standard InChI is InChI=1S/C14H24N2/c1-3-5-9-16-14(11-15)13-8-6-7-12(4-2)10-13/h6-8,10,14,16H,3-5,9,11,15H2,1-2H3. The highest BCUT2D eigenvalue weighted by Gasteiger charge is 2.08. The maximum absolute atomic E-state index is 5.82.